The van der Waals surface area contributed by atoms with Crippen LogP contribution in [0.4, 0.5) is 13.8 Å². The second kappa shape index (κ2) is 9.27. The number of ether oxygens (including phenoxy) is 3. The van der Waals surface area contributed by atoms with E-state index in [0.29, 0.717) is 0 Å². The quantitative estimate of drug-likeness (QED) is 0.548. The zero-order valence-corrected chi connectivity index (χ0v) is 15.9. The van der Waals surface area contributed by atoms with Crippen molar-refractivity contribution in [3.8, 4) is 0 Å². The van der Waals surface area contributed by atoms with E-state index in [-0.39, 0.29) is 34.2 Å². The largest absolute Gasteiger partial charge is 0.462 e. The minimum Gasteiger partial charge on any atom is -0.462 e. The Hall–Kier alpha value is -3.01. The maximum atomic E-state index is 13.7. The van der Waals surface area contributed by atoms with Gasteiger partial charge in [0, 0.05) is 5.56 Å². The Morgan fingerprint density at radius 3 is 2.04 bits per heavy atom. The third-order valence-electron chi connectivity index (χ3n) is 3.49. The van der Waals surface area contributed by atoms with Crippen LogP contribution >= 0.6 is 11.3 Å². The van der Waals surface area contributed by atoms with Gasteiger partial charge >= 0.3 is 17.9 Å². The molecule has 150 valence electrons. The van der Waals surface area contributed by atoms with E-state index in [1.54, 1.807) is 13.8 Å². The number of hydrogen-bond donors (Lipinski definition) is 1. The van der Waals surface area contributed by atoms with Crippen molar-refractivity contribution < 1.29 is 37.4 Å². The Bertz CT molecular complexity index is 891. The molecule has 1 heterocycles. The average molecular weight is 413 g/mol. The van der Waals surface area contributed by atoms with E-state index in [4.69, 9.17) is 19.9 Å². The summed E-state index contributed by atoms with van der Waals surface area (Å²) >= 11 is 0.760. The number of carbonyl (C=O) groups excluding carboxylic acids is 3. The highest BCUT2D eigenvalue weighted by atomic mass is 32.1. The fraction of sp³-hybridized carbons (Fsp3) is 0.278. The van der Waals surface area contributed by atoms with Crippen LogP contribution in [0.2, 0.25) is 0 Å². The van der Waals surface area contributed by atoms with Crippen LogP contribution in [0.3, 0.4) is 0 Å². The average Bonchev–Trinajstić information content (AvgIpc) is 2.96. The molecule has 0 fully saturated rings. The molecule has 0 aliphatic heterocycles. The highest BCUT2D eigenvalue weighted by Gasteiger charge is 2.29. The molecule has 0 amide bonds. The number of rotatable bonds is 7. The van der Waals surface area contributed by atoms with Gasteiger partial charge in [0.1, 0.15) is 39.2 Å². The molecule has 0 atom stereocenters. The fourth-order valence-corrected chi connectivity index (χ4v) is 3.27. The van der Waals surface area contributed by atoms with Gasteiger partial charge in [-0.25, -0.2) is 23.2 Å². The van der Waals surface area contributed by atoms with E-state index in [0.717, 1.165) is 29.5 Å². The number of halogens is 2. The van der Waals surface area contributed by atoms with Crippen molar-refractivity contribution in [3.05, 3.63) is 51.4 Å². The zero-order chi connectivity index (χ0) is 20.8. The van der Waals surface area contributed by atoms with Crippen LogP contribution in [0.25, 0.3) is 0 Å². The van der Waals surface area contributed by atoms with Crippen molar-refractivity contribution in [1.82, 2.24) is 0 Å². The molecule has 7 nitrogen and oxygen atoms in total. The number of benzene rings is 1. The maximum Gasteiger partial charge on any atom is 0.348 e. The summed E-state index contributed by atoms with van der Waals surface area (Å²) in [6.07, 6.45) is 0. The smallest absolute Gasteiger partial charge is 0.348 e. The second-order valence-corrected chi connectivity index (χ2v) is 6.31. The SMILES string of the molecule is CCOC(=O)c1sc(N)c(C(=O)OCC)c1COC(=O)c1c(F)cccc1F. The predicted octanol–water partition coefficient (Wildman–Crippen LogP) is 3.32. The van der Waals surface area contributed by atoms with Gasteiger partial charge in [0.05, 0.1) is 13.2 Å². The first-order valence-electron chi connectivity index (χ1n) is 8.18. The van der Waals surface area contributed by atoms with Crippen molar-refractivity contribution in [2.75, 3.05) is 18.9 Å². The molecule has 0 radical (unpaired) electrons. The van der Waals surface area contributed by atoms with Gasteiger partial charge in [-0.05, 0) is 26.0 Å². The third-order valence-corrected chi connectivity index (χ3v) is 4.53. The molecule has 0 saturated heterocycles. The van der Waals surface area contributed by atoms with E-state index < -0.39 is 41.7 Å². The first-order chi connectivity index (χ1) is 13.3. The number of anilines is 1. The van der Waals surface area contributed by atoms with E-state index in [1.165, 1.54) is 0 Å². The van der Waals surface area contributed by atoms with Crippen molar-refractivity contribution in [1.29, 1.82) is 0 Å². The molecular weight excluding hydrogens is 396 g/mol. The van der Waals surface area contributed by atoms with Gasteiger partial charge in [-0.2, -0.15) is 0 Å². The van der Waals surface area contributed by atoms with Gasteiger partial charge in [0.25, 0.3) is 0 Å². The number of esters is 3. The molecule has 0 saturated carbocycles. The van der Waals surface area contributed by atoms with E-state index >= 15 is 0 Å². The summed E-state index contributed by atoms with van der Waals surface area (Å²) in [7, 11) is 0. The van der Waals surface area contributed by atoms with Crippen molar-refractivity contribution in [3.63, 3.8) is 0 Å². The Kier molecular flexibility index (Phi) is 7.05. The van der Waals surface area contributed by atoms with Crippen LogP contribution in [-0.2, 0) is 20.8 Å². The number of carbonyl (C=O) groups is 3. The van der Waals surface area contributed by atoms with Gasteiger partial charge in [-0.1, -0.05) is 6.07 Å². The van der Waals surface area contributed by atoms with Crippen LogP contribution in [0.5, 0.6) is 0 Å². The molecule has 10 heteroatoms. The first kappa shape index (κ1) is 21.3. The van der Waals surface area contributed by atoms with Crippen LogP contribution < -0.4 is 5.73 Å². The second-order valence-electron chi connectivity index (χ2n) is 5.26. The molecule has 0 spiro atoms. The summed E-state index contributed by atoms with van der Waals surface area (Å²) in [5, 5.41) is -0.0374. The predicted molar refractivity (Wildman–Crippen MR) is 96.1 cm³/mol. The number of nitrogens with two attached hydrogens (primary N) is 1. The number of thiophene rings is 1. The lowest BCUT2D eigenvalue weighted by molar-refractivity contribution is 0.0429. The molecule has 2 aromatic rings. The highest BCUT2D eigenvalue weighted by Crippen LogP contribution is 2.33. The van der Waals surface area contributed by atoms with E-state index in [2.05, 4.69) is 0 Å². The minimum absolute atomic E-state index is 0.0374. The highest BCUT2D eigenvalue weighted by molar-refractivity contribution is 7.18. The molecule has 0 aliphatic rings. The summed E-state index contributed by atoms with van der Waals surface area (Å²) in [4.78, 5) is 36.4. The molecule has 2 N–H and O–H groups in total. The molecule has 1 aromatic carbocycles. The van der Waals surface area contributed by atoms with Crippen molar-refractivity contribution >= 4 is 34.2 Å². The number of hydrogen-bond acceptors (Lipinski definition) is 8. The topological polar surface area (TPSA) is 105 Å². The van der Waals surface area contributed by atoms with Gasteiger partial charge in [-0.3, -0.25) is 0 Å². The van der Waals surface area contributed by atoms with Gasteiger partial charge in [-0.15, -0.1) is 11.3 Å². The van der Waals surface area contributed by atoms with Crippen molar-refractivity contribution in [2.24, 2.45) is 0 Å². The standard InChI is InChI=1S/C18H17F2NO6S/c1-3-25-16(22)12-9(14(28-15(12)21)18(24)26-4-2)8-27-17(23)13-10(19)6-5-7-11(13)20/h5-7H,3-4,8,21H2,1-2H3. The van der Waals surface area contributed by atoms with Crippen LogP contribution in [-0.4, -0.2) is 31.1 Å². The fourth-order valence-electron chi connectivity index (χ4n) is 2.31. The molecule has 2 rings (SSSR count). The Morgan fingerprint density at radius 1 is 0.929 bits per heavy atom. The summed E-state index contributed by atoms with van der Waals surface area (Å²) in [5.41, 5.74) is 4.73. The van der Waals surface area contributed by atoms with Gasteiger partial charge < -0.3 is 19.9 Å². The lowest BCUT2D eigenvalue weighted by Gasteiger charge is -2.09. The van der Waals surface area contributed by atoms with Crippen LogP contribution in [0, 0.1) is 11.6 Å². The lowest BCUT2D eigenvalue weighted by Crippen LogP contribution is -2.15. The monoisotopic (exact) mass is 413 g/mol. The lowest BCUT2D eigenvalue weighted by atomic mass is 10.1. The van der Waals surface area contributed by atoms with Gasteiger partial charge in [0.2, 0.25) is 0 Å². The molecule has 0 unspecified atom stereocenters. The third kappa shape index (κ3) is 4.45. The van der Waals surface area contributed by atoms with Gasteiger partial charge in [0.15, 0.2) is 0 Å². The first-order valence-corrected chi connectivity index (χ1v) is 8.99. The molecule has 0 bridgehead atoms. The number of nitrogen functional groups attached to an aromatic ring is 1. The van der Waals surface area contributed by atoms with Crippen LogP contribution in [0.1, 0.15) is 49.8 Å². The van der Waals surface area contributed by atoms with Crippen LogP contribution in [0.15, 0.2) is 18.2 Å². The van der Waals surface area contributed by atoms with Crippen molar-refractivity contribution in [2.45, 2.75) is 20.5 Å². The summed E-state index contributed by atoms with van der Waals surface area (Å²) in [5.74, 6) is -5.12. The summed E-state index contributed by atoms with van der Waals surface area (Å²) < 4.78 is 42.2. The van der Waals surface area contributed by atoms with E-state index in [9.17, 15) is 23.2 Å². The molecule has 0 aliphatic carbocycles. The Balaban J connectivity index is 2.38. The Morgan fingerprint density at radius 2 is 1.46 bits per heavy atom. The summed E-state index contributed by atoms with van der Waals surface area (Å²) in [6, 6.07) is 2.89. The zero-order valence-electron chi connectivity index (χ0n) is 15.0. The molecule has 1 aromatic heterocycles. The maximum absolute atomic E-state index is 13.7. The molecular formula is C18H17F2NO6S. The van der Waals surface area contributed by atoms with E-state index in [1.807, 2.05) is 0 Å². The minimum atomic E-state index is -1.30. The molecule has 28 heavy (non-hydrogen) atoms. The normalized spacial score (nSPS) is 10.4. The summed E-state index contributed by atoms with van der Waals surface area (Å²) in [6.45, 7) is 2.63. The Labute approximate surface area is 163 Å².